The molecule has 35 heavy (non-hydrogen) atoms. The van der Waals surface area contributed by atoms with Crippen molar-refractivity contribution in [2.24, 2.45) is 0 Å². The second-order valence-electron chi connectivity index (χ2n) is 8.28. The van der Waals surface area contributed by atoms with Gasteiger partial charge in [0.25, 0.3) is 5.69 Å². The lowest BCUT2D eigenvalue weighted by Gasteiger charge is -2.27. The minimum Gasteiger partial charge on any atom is -0.291 e. The number of aromatic nitrogens is 3. The van der Waals surface area contributed by atoms with Gasteiger partial charge < -0.3 is 0 Å². The zero-order valence-corrected chi connectivity index (χ0v) is 18.2. The van der Waals surface area contributed by atoms with Crippen LogP contribution in [-0.2, 0) is 19.1 Å². The number of fused-ring (bicyclic) bond motifs is 2. The molecule has 0 saturated carbocycles. The molecule has 8 nitrogen and oxygen atoms in total. The van der Waals surface area contributed by atoms with Crippen molar-refractivity contribution in [2.75, 3.05) is 13.1 Å². The number of hydrogen-bond acceptors (Lipinski definition) is 6. The topological polar surface area (TPSA) is 93.6 Å². The Hall–Kier alpha value is -4.12. The Bertz CT molecular complexity index is 1450. The maximum atomic E-state index is 13.8. The van der Waals surface area contributed by atoms with Crippen LogP contribution < -0.4 is 0 Å². The fourth-order valence-electron chi connectivity index (χ4n) is 4.19. The predicted octanol–water partition coefficient (Wildman–Crippen LogP) is 4.56. The summed E-state index contributed by atoms with van der Waals surface area (Å²) in [5.74, 6) is -0.403. The Balaban J connectivity index is 1.46. The molecule has 0 atom stereocenters. The van der Waals surface area contributed by atoms with Crippen LogP contribution in [0.5, 0.6) is 0 Å². The molecule has 0 fully saturated rings. The monoisotopic (exact) mass is 481 g/mol. The first-order chi connectivity index (χ1) is 16.7. The molecule has 5 rings (SSSR count). The number of rotatable bonds is 5. The number of hydrogen-bond donors (Lipinski definition) is 0. The first kappa shape index (κ1) is 22.7. The molecule has 0 saturated heterocycles. The van der Waals surface area contributed by atoms with Gasteiger partial charge in [-0.25, -0.2) is 9.50 Å². The first-order valence-corrected chi connectivity index (χ1v) is 10.7. The summed E-state index contributed by atoms with van der Waals surface area (Å²) in [6.45, 7) is 1.26. The molecule has 0 unspecified atom stereocenters. The first-order valence-electron chi connectivity index (χ1n) is 10.7. The van der Waals surface area contributed by atoms with Gasteiger partial charge in [0.1, 0.15) is 5.69 Å². The van der Waals surface area contributed by atoms with Gasteiger partial charge in [0.2, 0.25) is 0 Å². The van der Waals surface area contributed by atoms with Crippen molar-refractivity contribution in [3.8, 4) is 11.3 Å². The zero-order valence-electron chi connectivity index (χ0n) is 18.2. The average molecular weight is 481 g/mol. The van der Waals surface area contributed by atoms with Gasteiger partial charge in [-0.3, -0.25) is 19.8 Å². The number of Topliss-reactive ketones (excluding diaryl/α,β-unsaturated/α-hetero) is 1. The number of nitro groups is 1. The summed E-state index contributed by atoms with van der Waals surface area (Å²) in [6, 6.07) is 15.0. The molecule has 4 aromatic rings. The van der Waals surface area contributed by atoms with Gasteiger partial charge in [0, 0.05) is 36.9 Å². The molecule has 2 aromatic carbocycles. The third-order valence-corrected chi connectivity index (χ3v) is 5.95. The number of carbonyl (C=O) groups is 1. The fourth-order valence-corrected chi connectivity index (χ4v) is 4.19. The number of carbonyl (C=O) groups excluding carboxylic acids is 1. The van der Waals surface area contributed by atoms with Crippen molar-refractivity contribution in [2.45, 2.75) is 19.1 Å². The van der Waals surface area contributed by atoms with Crippen LogP contribution in [0, 0.1) is 10.1 Å². The minimum absolute atomic E-state index is 0.0226. The standard InChI is InChI=1S/C24H18F3N5O3/c25-24(26,27)22-11-19(16-5-7-18(8-6-16)32(34)35)28-23-12-20(29-31(22)23)21(33)14-30-10-9-15-3-1-2-4-17(15)13-30/h1-8,11-12H,9-10,13-14H2. The smallest absolute Gasteiger partial charge is 0.291 e. The molecule has 2 aromatic heterocycles. The zero-order chi connectivity index (χ0) is 24.7. The highest BCUT2D eigenvalue weighted by atomic mass is 19.4. The van der Waals surface area contributed by atoms with Crippen LogP contribution in [-0.4, -0.2) is 43.3 Å². The maximum absolute atomic E-state index is 13.8. The molecule has 0 spiro atoms. The Morgan fingerprint density at radius 3 is 2.46 bits per heavy atom. The van der Waals surface area contributed by atoms with Crippen LogP contribution in [0.3, 0.4) is 0 Å². The quantitative estimate of drug-likeness (QED) is 0.236. The number of alkyl halides is 3. The summed E-state index contributed by atoms with van der Waals surface area (Å²) >= 11 is 0. The van der Waals surface area contributed by atoms with E-state index in [0.717, 1.165) is 18.1 Å². The summed E-state index contributed by atoms with van der Waals surface area (Å²) in [6.07, 6.45) is -3.98. The van der Waals surface area contributed by atoms with Gasteiger partial charge in [-0.05, 0) is 35.7 Å². The average Bonchev–Trinajstić information content (AvgIpc) is 3.27. The van der Waals surface area contributed by atoms with Gasteiger partial charge in [-0.1, -0.05) is 24.3 Å². The van der Waals surface area contributed by atoms with Crippen LogP contribution in [0.1, 0.15) is 27.3 Å². The third-order valence-electron chi connectivity index (χ3n) is 5.95. The SMILES string of the molecule is O=C(CN1CCc2ccccc2C1)c1cc2nc(-c3ccc([N+](=O)[O-])cc3)cc(C(F)(F)F)n2n1. The highest BCUT2D eigenvalue weighted by Crippen LogP contribution is 2.33. The molecule has 1 aliphatic rings. The van der Waals surface area contributed by atoms with E-state index in [0.29, 0.717) is 17.6 Å². The van der Waals surface area contributed by atoms with Crippen LogP contribution in [0.25, 0.3) is 16.9 Å². The van der Waals surface area contributed by atoms with Crippen molar-refractivity contribution in [1.82, 2.24) is 19.5 Å². The number of benzene rings is 2. The van der Waals surface area contributed by atoms with Gasteiger partial charge in [0.15, 0.2) is 17.1 Å². The second-order valence-corrected chi connectivity index (χ2v) is 8.28. The Morgan fingerprint density at radius 2 is 1.77 bits per heavy atom. The van der Waals surface area contributed by atoms with Gasteiger partial charge in [0.05, 0.1) is 17.2 Å². The van der Waals surface area contributed by atoms with E-state index in [4.69, 9.17) is 0 Å². The van der Waals surface area contributed by atoms with E-state index in [2.05, 4.69) is 10.1 Å². The highest BCUT2D eigenvalue weighted by Gasteiger charge is 2.36. The van der Waals surface area contributed by atoms with Crippen molar-refractivity contribution >= 4 is 17.1 Å². The highest BCUT2D eigenvalue weighted by molar-refractivity contribution is 5.96. The number of halogens is 3. The summed E-state index contributed by atoms with van der Waals surface area (Å²) in [7, 11) is 0. The lowest BCUT2D eigenvalue weighted by atomic mass is 10.00. The molecule has 0 aliphatic carbocycles. The van der Waals surface area contributed by atoms with Crippen LogP contribution >= 0.6 is 0 Å². The molecular weight excluding hydrogens is 463 g/mol. The molecule has 3 heterocycles. The van der Waals surface area contributed by atoms with Gasteiger partial charge >= 0.3 is 6.18 Å². The van der Waals surface area contributed by atoms with Crippen molar-refractivity contribution < 1.29 is 22.9 Å². The van der Waals surface area contributed by atoms with Crippen molar-refractivity contribution in [3.05, 3.63) is 93.3 Å². The largest absolute Gasteiger partial charge is 0.433 e. The number of nitro benzene ring substituents is 1. The molecule has 0 amide bonds. The number of ketones is 1. The van der Waals surface area contributed by atoms with Gasteiger partial charge in [-0.2, -0.15) is 18.3 Å². The van der Waals surface area contributed by atoms with Crippen LogP contribution in [0.15, 0.2) is 60.7 Å². The fraction of sp³-hybridized carbons (Fsp3) is 0.208. The minimum atomic E-state index is -4.76. The molecule has 11 heteroatoms. The summed E-state index contributed by atoms with van der Waals surface area (Å²) < 4.78 is 42.1. The van der Waals surface area contributed by atoms with E-state index in [1.54, 1.807) is 0 Å². The van der Waals surface area contributed by atoms with Crippen molar-refractivity contribution in [1.29, 1.82) is 0 Å². The third kappa shape index (κ3) is 4.50. The van der Waals surface area contributed by atoms with Crippen LogP contribution in [0.2, 0.25) is 0 Å². The number of non-ortho nitro benzene ring substituents is 1. The van der Waals surface area contributed by atoms with E-state index in [1.165, 1.54) is 35.9 Å². The molecular formula is C24H18F3N5O3. The molecule has 1 aliphatic heterocycles. The van der Waals surface area contributed by atoms with Crippen molar-refractivity contribution in [3.63, 3.8) is 0 Å². The number of nitrogens with zero attached hydrogens (tertiary/aromatic N) is 5. The predicted molar refractivity (Wildman–Crippen MR) is 120 cm³/mol. The lowest BCUT2D eigenvalue weighted by molar-refractivity contribution is -0.384. The maximum Gasteiger partial charge on any atom is 0.433 e. The molecule has 0 radical (unpaired) electrons. The van der Waals surface area contributed by atoms with Crippen LogP contribution in [0.4, 0.5) is 18.9 Å². The molecule has 178 valence electrons. The van der Waals surface area contributed by atoms with E-state index in [1.807, 2.05) is 29.2 Å². The Kier molecular flexibility index (Phi) is 5.56. The van der Waals surface area contributed by atoms with E-state index in [9.17, 15) is 28.1 Å². The van der Waals surface area contributed by atoms with E-state index >= 15 is 0 Å². The summed E-state index contributed by atoms with van der Waals surface area (Å²) in [5, 5.41) is 14.8. The second kappa shape index (κ2) is 8.58. The Morgan fingerprint density at radius 1 is 1.06 bits per heavy atom. The van der Waals surface area contributed by atoms with E-state index < -0.39 is 22.6 Å². The summed E-state index contributed by atoms with van der Waals surface area (Å²) in [4.78, 5) is 29.4. The molecule has 0 bridgehead atoms. The molecule has 0 N–H and O–H groups in total. The Labute approximate surface area is 196 Å². The van der Waals surface area contributed by atoms with Gasteiger partial charge in [-0.15, -0.1) is 0 Å². The van der Waals surface area contributed by atoms with E-state index in [-0.39, 0.29) is 34.8 Å². The lowest BCUT2D eigenvalue weighted by Crippen LogP contribution is -2.35. The summed E-state index contributed by atoms with van der Waals surface area (Å²) in [5.41, 5.74) is 1.04. The normalized spacial score (nSPS) is 14.1.